The topological polar surface area (TPSA) is 36.0 Å². The van der Waals surface area contributed by atoms with E-state index in [9.17, 15) is 18.0 Å². The molecule has 0 N–H and O–H groups in total. The molecule has 0 spiro atoms. The zero-order valence-electron chi connectivity index (χ0n) is 23.7. The number of benzene rings is 3. The molecule has 0 saturated carbocycles. The Bertz CT molecular complexity index is 1270. The summed E-state index contributed by atoms with van der Waals surface area (Å²) in [5.74, 6) is 0.664. The lowest BCUT2D eigenvalue weighted by molar-refractivity contribution is -0.137. The quantitative estimate of drug-likeness (QED) is 0.309. The second-order valence-corrected chi connectivity index (χ2v) is 10.6. The van der Waals surface area contributed by atoms with E-state index in [1.54, 1.807) is 4.90 Å². The molecule has 1 amide bonds. The van der Waals surface area contributed by atoms with E-state index in [1.165, 1.54) is 28.8 Å². The molecule has 3 aromatic rings. The van der Waals surface area contributed by atoms with Crippen molar-refractivity contribution in [2.24, 2.45) is 0 Å². The maximum absolute atomic E-state index is 12.9. The second-order valence-electron chi connectivity index (χ2n) is 10.6. The molecule has 1 saturated heterocycles. The maximum atomic E-state index is 12.9. The number of piperazine rings is 1. The Morgan fingerprint density at radius 2 is 1.57 bits per heavy atom. The molecule has 5 nitrogen and oxygen atoms in total. The Balaban J connectivity index is 1.29. The Morgan fingerprint density at radius 3 is 2.20 bits per heavy atom. The van der Waals surface area contributed by atoms with Gasteiger partial charge in [0.25, 0.3) is 5.91 Å². The van der Waals surface area contributed by atoms with E-state index < -0.39 is 11.7 Å². The minimum Gasteiger partial charge on any atom is -0.492 e. The summed E-state index contributed by atoms with van der Waals surface area (Å²) in [6.07, 6.45) is -4.41. The number of carbonyl (C=O) groups excluding carboxylic acids is 1. The van der Waals surface area contributed by atoms with Crippen molar-refractivity contribution in [3.63, 3.8) is 0 Å². The van der Waals surface area contributed by atoms with Crippen LogP contribution >= 0.6 is 0 Å². The van der Waals surface area contributed by atoms with Gasteiger partial charge in [-0.3, -0.25) is 14.6 Å². The Hall–Kier alpha value is -3.36. The number of hydrogen-bond donors (Lipinski definition) is 0. The smallest absolute Gasteiger partial charge is 0.416 e. The second kappa shape index (κ2) is 12.9. The molecule has 0 bridgehead atoms. The van der Waals surface area contributed by atoms with Crippen molar-refractivity contribution in [2.75, 3.05) is 46.4 Å². The van der Waals surface area contributed by atoms with Crippen LogP contribution in [-0.2, 0) is 12.7 Å². The van der Waals surface area contributed by atoms with Crippen LogP contribution in [0.15, 0.2) is 66.7 Å². The molecule has 40 heavy (non-hydrogen) atoms. The van der Waals surface area contributed by atoms with Crippen molar-refractivity contribution in [3.8, 4) is 5.75 Å². The van der Waals surface area contributed by atoms with Crippen LogP contribution in [0.4, 0.5) is 13.2 Å². The summed E-state index contributed by atoms with van der Waals surface area (Å²) < 4.78 is 44.7. The predicted octanol–water partition coefficient (Wildman–Crippen LogP) is 6.35. The molecule has 4 rings (SSSR count). The third kappa shape index (κ3) is 7.23. The number of likely N-dealkylation sites (N-methyl/N-ethyl adjacent to an activating group) is 1. The number of halogens is 3. The zero-order chi connectivity index (χ0) is 28.9. The lowest BCUT2D eigenvalue weighted by atomic mass is 9.96. The molecule has 1 heterocycles. The first-order valence-corrected chi connectivity index (χ1v) is 13.7. The summed E-state index contributed by atoms with van der Waals surface area (Å²) in [4.78, 5) is 19.2. The van der Waals surface area contributed by atoms with Crippen LogP contribution < -0.4 is 4.74 Å². The van der Waals surface area contributed by atoms with E-state index in [0.717, 1.165) is 36.5 Å². The number of rotatable bonds is 9. The normalized spacial score (nSPS) is 15.3. The molecule has 0 radical (unpaired) electrons. The fourth-order valence-electron chi connectivity index (χ4n) is 5.20. The lowest BCUT2D eigenvalue weighted by Crippen LogP contribution is -2.49. The fraction of sp³-hybridized carbons (Fsp3) is 0.406. The zero-order valence-corrected chi connectivity index (χ0v) is 23.7. The number of amides is 1. The molecular formula is C32H38F3N3O2. The van der Waals surface area contributed by atoms with Crippen molar-refractivity contribution in [1.29, 1.82) is 0 Å². The Kier molecular flexibility index (Phi) is 9.53. The predicted molar refractivity (Wildman–Crippen MR) is 152 cm³/mol. The molecule has 214 valence electrons. The molecule has 1 aliphatic heterocycles. The van der Waals surface area contributed by atoms with Crippen LogP contribution in [0, 0.1) is 13.8 Å². The molecular weight excluding hydrogens is 515 g/mol. The molecule has 1 atom stereocenters. The van der Waals surface area contributed by atoms with E-state index in [-0.39, 0.29) is 17.5 Å². The van der Waals surface area contributed by atoms with Crippen molar-refractivity contribution in [1.82, 2.24) is 14.7 Å². The number of nitrogens with zero attached hydrogens (tertiary/aromatic N) is 3. The van der Waals surface area contributed by atoms with Crippen LogP contribution in [0.1, 0.15) is 51.1 Å². The van der Waals surface area contributed by atoms with E-state index in [1.807, 2.05) is 6.07 Å². The highest BCUT2D eigenvalue weighted by Crippen LogP contribution is 2.32. The molecule has 0 aromatic heterocycles. The largest absolute Gasteiger partial charge is 0.492 e. The molecule has 1 aliphatic rings. The van der Waals surface area contributed by atoms with Crippen molar-refractivity contribution < 1.29 is 22.7 Å². The monoisotopic (exact) mass is 553 g/mol. The Morgan fingerprint density at radius 1 is 0.925 bits per heavy atom. The van der Waals surface area contributed by atoms with E-state index in [4.69, 9.17) is 4.74 Å². The standard InChI is InChI=1S/C32H38F3N3O2/c1-23-24(2)30(40-21-20-36(4)22-26-8-6-5-7-9-26)15-14-29(23)25(3)37-16-18-38(19-17-37)31(39)27-10-12-28(13-11-27)32(33,34)35/h5-15,25H,16-22H2,1-4H3. The first-order valence-electron chi connectivity index (χ1n) is 13.7. The summed E-state index contributed by atoms with van der Waals surface area (Å²) >= 11 is 0. The lowest BCUT2D eigenvalue weighted by Gasteiger charge is -2.39. The number of alkyl halides is 3. The fourth-order valence-corrected chi connectivity index (χ4v) is 5.20. The maximum Gasteiger partial charge on any atom is 0.416 e. The Labute approximate surface area is 235 Å². The van der Waals surface area contributed by atoms with Crippen LogP contribution in [0.3, 0.4) is 0 Å². The van der Waals surface area contributed by atoms with Gasteiger partial charge in [-0.05, 0) is 80.4 Å². The third-order valence-corrected chi connectivity index (χ3v) is 7.86. The number of carbonyl (C=O) groups is 1. The summed E-state index contributed by atoms with van der Waals surface area (Å²) in [6, 6.07) is 19.2. The summed E-state index contributed by atoms with van der Waals surface area (Å²) in [5, 5.41) is 0. The van der Waals surface area contributed by atoms with Gasteiger partial charge in [0.05, 0.1) is 5.56 Å². The van der Waals surface area contributed by atoms with Gasteiger partial charge in [-0.2, -0.15) is 13.2 Å². The number of ether oxygens (including phenoxy) is 1. The van der Waals surface area contributed by atoms with Crippen LogP contribution in [-0.4, -0.2) is 67.0 Å². The van der Waals surface area contributed by atoms with Gasteiger partial charge in [0.2, 0.25) is 0 Å². The van der Waals surface area contributed by atoms with Crippen molar-refractivity contribution in [3.05, 3.63) is 100 Å². The average molecular weight is 554 g/mol. The number of hydrogen-bond acceptors (Lipinski definition) is 4. The molecule has 0 aliphatic carbocycles. The van der Waals surface area contributed by atoms with E-state index in [2.05, 4.69) is 74.0 Å². The van der Waals surface area contributed by atoms with Gasteiger partial charge in [-0.1, -0.05) is 36.4 Å². The van der Waals surface area contributed by atoms with E-state index >= 15 is 0 Å². The van der Waals surface area contributed by atoms with Crippen LogP contribution in [0.2, 0.25) is 0 Å². The molecule has 3 aromatic carbocycles. The summed E-state index contributed by atoms with van der Waals surface area (Å²) in [7, 11) is 2.09. The van der Waals surface area contributed by atoms with Gasteiger partial charge in [0.1, 0.15) is 12.4 Å². The molecule has 8 heteroatoms. The highest BCUT2D eigenvalue weighted by Gasteiger charge is 2.31. The highest BCUT2D eigenvalue weighted by molar-refractivity contribution is 5.94. The van der Waals surface area contributed by atoms with Crippen molar-refractivity contribution >= 4 is 5.91 Å². The first-order chi connectivity index (χ1) is 19.0. The molecule has 1 fully saturated rings. The summed E-state index contributed by atoms with van der Waals surface area (Å²) in [6.45, 7) is 11.1. The van der Waals surface area contributed by atoms with Gasteiger partial charge < -0.3 is 9.64 Å². The van der Waals surface area contributed by atoms with E-state index in [0.29, 0.717) is 32.8 Å². The van der Waals surface area contributed by atoms with Gasteiger partial charge in [0, 0.05) is 50.9 Å². The van der Waals surface area contributed by atoms with Crippen molar-refractivity contribution in [2.45, 2.75) is 39.5 Å². The summed E-state index contributed by atoms with van der Waals surface area (Å²) in [5.41, 5.74) is 4.37. The third-order valence-electron chi connectivity index (χ3n) is 7.86. The molecule has 1 unspecified atom stereocenters. The average Bonchev–Trinajstić information content (AvgIpc) is 2.95. The van der Waals surface area contributed by atoms with Gasteiger partial charge in [-0.25, -0.2) is 0 Å². The minimum atomic E-state index is -4.41. The van der Waals surface area contributed by atoms with Crippen LogP contribution in [0.25, 0.3) is 0 Å². The minimum absolute atomic E-state index is 0.160. The first kappa shape index (κ1) is 29.6. The highest BCUT2D eigenvalue weighted by atomic mass is 19.4. The van der Waals surface area contributed by atoms with Crippen LogP contribution in [0.5, 0.6) is 5.75 Å². The van der Waals surface area contributed by atoms with Gasteiger partial charge >= 0.3 is 6.18 Å². The van der Waals surface area contributed by atoms with Gasteiger partial charge in [0.15, 0.2) is 0 Å². The van der Waals surface area contributed by atoms with Gasteiger partial charge in [-0.15, -0.1) is 0 Å². The SMILES string of the molecule is Cc1c(OCCN(C)Cc2ccccc2)ccc(C(C)N2CCN(C(=O)c3ccc(C(F)(F)F)cc3)CC2)c1C.